The van der Waals surface area contributed by atoms with Gasteiger partial charge in [-0.1, -0.05) is 11.6 Å². The van der Waals surface area contributed by atoms with Gasteiger partial charge in [0.2, 0.25) is 0 Å². The first-order chi connectivity index (χ1) is 14.3. The fraction of sp³-hybridized carbons (Fsp3) is 0.238. The van der Waals surface area contributed by atoms with Crippen LogP contribution in [0.25, 0.3) is 16.9 Å². The van der Waals surface area contributed by atoms with Gasteiger partial charge in [-0.05, 0) is 61.7 Å². The Balaban J connectivity index is 1.89. The highest BCUT2D eigenvalue weighted by Crippen LogP contribution is 2.40. The summed E-state index contributed by atoms with van der Waals surface area (Å²) in [6, 6.07) is 9.34. The fourth-order valence-corrected chi connectivity index (χ4v) is 3.74. The Bertz CT molecular complexity index is 1110. The third-order valence-corrected chi connectivity index (χ3v) is 5.37. The molecular weight excluding hydrogens is 419 g/mol. The lowest BCUT2D eigenvalue weighted by Gasteiger charge is -2.10. The van der Waals surface area contributed by atoms with Gasteiger partial charge in [0.15, 0.2) is 0 Å². The molecule has 0 fully saturated rings. The summed E-state index contributed by atoms with van der Waals surface area (Å²) in [7, 11) is 0. The quantitative estimate of drug-likeness (QED) is 0.557. The van der Waals surface area contributed by atoms with Gasteiger partial charge in [0, 0.05) is 17.7 Å². The smallest absolute Gasteiger partial charge is 0.416 e. The van der Waals surface area contributed by atoms with Crippen LogP contribution in [0, 0.1) is 0 Å². The molecule has 3 aromatic rings. The molecule has 2 heterocycles. The number of fused-ring (bicyclic) bond motifs is 1. The predicted octanol–water partition coefficient (Wildman–Crippen LogP) is 5.66. The zero-order valence-corrected chi connectivity index (χ0v) is 16.4. The number of aromatic nitrogens is 2. The molecule has 1 aliphatic heterocycles. The minimum absolute atomic E-state index is 0.131. The molecule has 1 aliphatic rings. The van der Waals surface area contributed by atoms with Crippen molar-refractivity contribution in [1.29, 1.82) is 0 Å². The van der Waals surface area contributed by atoms with Crippen LogP contribution in [-0.2, 0) is 12.6 Å². The number of alkyl halides is 3. The summed E-state index contributed by atoms with van der Waals surface area (Å²) >= 11 is 6.27. The van der Waals surface area contributed by atoms with Crippen molar-refractivity contribution in [3.63, 3.8) is 0 Å². The molecule has 5 nitrogen and oxygen atoms in total. The van der Waals surface area contributed by atoms with Gasteiger partial charge in [-0.3, -0.25) is 0 Å². The highest BCUT2D eigenvalue weighted by atomic mass is 35.5. The molecule has 4 rings (SSSR count). The first-order valence-corrected chi connectivity index (χ1v) is 9.70. The molecule has 0 saturated heterocycles. The van der Waals surface area contributed by atoms with Crippen molar-refractivity contribution in [3.05, 3.63) is 64.2 Å². The SMILES string of the molecule is O=C(O)c1ccc(-n2nc(-c3cc(C(F)(F)F)ccc3Cl)c3c2NCCCC3)cc1. The zero-order chi connectivity index (χ0) is 21.5. The molecule has 0 atom stereocenters. The average molecular weight is 436 g/mol. The van der Waals surface area contributed by atoms with Crippen molar-refractivity contribution in [3.8, 4) is 16.9 Å². The van der Waals surface area contributed by atoms with E-state index in [1.165, 1.54) is 18.2 Å². The van der Waals surface area contributed by atoms with Crippen molar-refractivity contribution in [2.24, 2.45) is 0 Å². The average Bonchev–Trinajstić information content (AvgIpc) is 2.88. The molecule has 2 aromatic carbocycles. The van der Waals surface area contributed by atoms with Crippen LogP contribution in [0.1, 0.15) is 34.3 Å². The summed E-state index contributed by atoms with van der Waals surface area (Å²) < 4.78 is 41.4. The summed E-state index contributed by atoms with van der Waals surface area (Å²) in [5.74, 6) is -0.366. The van der Waals surface area contributed by atoms with Gasteiger partial charge in [-0.15, -0.1) is 0 Å². The van der Waals surface area contributed by atoms with E-state index in [0.717, 1.165) is 30.5 Å². The Hall–Kier alpha value is -3.00. The number of carboxylic acid groups (broad SMARTS) is 1. The van der Waals surface area contributed by atoms with Crippen molar-refractivity contribution >= 4 is 23.4 Å². The number of rotatable bonds is 3. The number of halogens is 4. The lowest BCUT2D eigenvalue weighted by molar-refractivity contribution is -0.137. The molecule has 0 radical (unpaired) electrons. The van der Waals surface area contributed by atoms with Gasteiger partial charge >= 0.3 is 12.1 Å². The Morgan fingerprint density at radius 1 is 1.13 bits per heavy atom. The lowest BCUT2D eigenvalue weighted by Crippen LogP contribution is -2.07. The normalized spacial score (nSPS) is 14.0. The number of anilines is 1. The maximum absolute atomic E-state index is 13.3. The van der Waals surface area contributed by atoms with Gasteiger partial charge in [-0.25, -0.2) is 9.48 Å². The molecule has 0 spiro atoms. The number of hydrogen-bond donors (Lipinski definition) is 2. The topological polar surface area (TPSA) is 67.1 Å². The Labute approximate surface area is 175 Å². The third kappa shape index (κ3) is 3.75. The van der Waals surface area contributed by atoms with Crippen LogP contribution in [0.3, 0.4) is 0 Å². The number of aromatic carboxylic acids is 1. The van der Waals surface area contributed by atoms with E-state index in [2.05, 4.69) is 10.4 Å². The first-order valence-electron chi connectivity index (χ1n) is 9.32. The van der Waals surface area contributed by atoms with Crippen LogP contribution in [0.15, 0.2) is 42.5 Å². The largest absolute Gasteiger partial charge is 0.478 e. The van der Waals surface area contributed by atoms with Crippen LogP contribution in [0.4, 0.5) is 19.0 Å². The lowest BCUT2D eigenvalue weighted by atomic mass is 10.0. The minimum atomic E-state index is -4.50. The van der Waals surface area contributed by atoms with E-state index >= 15 is 0 Å². The molecule has 0 aliphatic carbocycles. The van der Waals surface area contributed by atoms with E-state index in [1.807, 2.05) is 0 Å². The number of carboxylic acids is 1. The molecule has 0 unspecified atom stereocenters. The van der Waals surface area contributed by atoms with E-state index in [9.17, 15) is 18.0 Å². The minimum Gasteiger partial charge on any atom is -0.478 e. The zero-order valence-electron chi connectivity index (χ0n) is 15.6. The second kappa shape index (κ2) is 7.68. The molecule has 9 heteroatoms. The van der Waals surface area contributed by atoms with E-state index in [1.54, 1.807) is 16.8 Å². The molecule has 0 bridgehead atoms. The second-order valence-electron chi connectivity index (χ2n) is 7.02. The maximum atomic E-state index is 13.3. The van der Waals surface area contributed by atoms with Crippen molar-refractivity contribution in [2.75, 3.05) is 11.9 Å². The standard InChI is InChI=1S/C21H17ClF3N3O2/c22-17-9-6-13(21(23,24)25)11-16(17)18-15-3-1-2-10-26-19(15)28(27-18)14-7-4-12(5-8-14)20(29)30/h4-9,11,26H,1-3,10H2,(H,29,30). The predicted molar refractivity (Wildman–Crippen MR) is 107 cm³/mol. The van der Waals surface area contributed by atoms with Crippen LogP contribution >= 0.6 is 11.6 Å². The van der Waals surface area contributed by atoms with Gasteiger partial charge in [0.25, 0.3) is 0 Å². The number of nitrogens with one attached hydrogen (secondary N) is 1. The van der Waals surface area contributed by atoms with E-state index in [0.29, 0.717) is 30.2 Å². The Morgan fingerprint density at radius 3 is 2.53 bits per heavy atom. The molecule has 0 amide bonds. The summed E-state index contributed by atoms with van der Waals surface area (Å²) in [4.78, 5) is 11.1. The highest BCUT2D eigenvalue weighted by Gasteiger charge is 2.32. The first kappa shape index (κ1) is 20.3. The molecule has 156 valence electrons. The maximum Gasteiger partial charge on any atom is 0.416 e. The van der Waals surface area contributed by atoms with Crippen LogP contribution in [0.5, 0.6) is 0 Å². The Kier molecular flexibility index (Phi) is 5.19. The Morgan fingerprint density at radius 2 is 1.87 bits per heavy atom. The molecule has 0 saturated carbocycles. The van der Waals surface area contributed by atoms with E-state index < -0.39 is 17.7 Å². The second-order valence-corrected chi connectivity index (χ2v) is 7.42. The molecular formula is C21H17ClF3N3O2. The third-order valence-electron chi connectivity index (χ3n) is 5.04. The van der Waals surface area contributed by atoms with E-state index in [-0.39, 0.29) is 16.1 Å². The summed E-state index contributed by atoms with van der Waals surface area (Å²) in [5, 5.41) is 17.2. The summed E-state index contributed by atoms with van der Waals surface area (Å²) in [5.41, 5.74) is 1.32. The van der Waals surface area contributed by atoms with E-state index in [4.69, 9.17) is 16.7 Å². The molecule has 1 aromatic heterocycles. The van der Waals surface area contributed by atoms with Gasteiger partial charge < -0.3 is 10.4 Å². The van der Waals surface area contributed by atoms with Crippen LogP contribution in [0.2, 0.25) is 5.02 Å². The van der Waals surface area contributed by atoms with Gasteiger partial charge in [0.1, 0.15) is 5.82 Å². The summed E-state index contributed by atoms with van der Waals surface area (Å²) in [6.07, 6.45) is -2.10. The number of nitrogens with zero attached hydrogens (tertiary/aromatic N) is 2. The number of benzene rings is 2. The van der Waals surface area contributed by atoms with Gasteiger partial charge in [-0.2, -0.15) is 18.3 Å². The molecule has 2 N–H and O–H groups in total. The fourth-order valence-electron chi connectivity index (χ4n) is 3.53. The van der Waals surface area contributed by atoms with Crippen molar-refractivity contribution in [1.82, 2.24) is 9.78 Å². The van der Waals surface area contributed by atoms with Gasteiger partial charge in [0.05, 0.1) is 27.5 Å². The van der Waals surface area contributed by atoms with Crippen molar-refractivity contribution < 1.29 is 23.1 Å². The monoisotopic (exact) mass is 435 g/mol. The highest BCUT2D eigenvalue weighted by molar-refractivity contribution is 6.33. The number of carbonyl (C=O) groups is 1. The van der Waals surface area contributed by atoms with Crippen molar-refractivity contribution in [2.45, 2.75) is 25.4 Å². The van der Waals surface area contributed by atoms with Crippen LogP contribution < -0.4 is 5.32 Å². The summed E-state index contributed by atoms with van der Waals surface area (Å²) in [6.45, 7) is 0.696. The molecule has 30 heavy (non-hydrogen) atoms. The number of hydrogen-bond acceptors (Lipinski definition) is 3. The van der Waals surface area contributed by atoms with Crippen LogP contribution in [-0.4, -0.2) is 27.4 Å².